The fourth-order valence-electron chi connectivity index (χ4n) is 5.34. The number of benzene rings is 3. The van der Waals surface area contributed by atoms with E-state index in [1.807, 2.05) is 12.1 Å². The second-order valence-electron chi connectivity index (χ2n) is 8.04. The number of anilines is 2. The molecular formula is C24H21Cl2N. The molecule has 27 heavy (non-hydrogen) atoms. The van der Waals surface area contributed by atoms with Gasteiger partial charge in [0.25, 0.3) is 0 Å². The molecule has 1 aliphatic heterocycles. The second kappa shape index (κ2) is 5.77. The van der Waals surface area contributed by atoms with Gasteiger partial charge in [0, 0.05) is 26.8 Å². The summed E-state index contributed by atoms with van der Waals surface area (Å²) < 4.78 is 0. The SMILES string of the molecule is CC12CCc3ccccc3C1(C)N(c1cc(Cl)cc(Cl)c1)c1ccccc12. The van der Waals surface area contributed by atoms with Gasteiger partial charge >= 0.3 is 0 Å². The lowest BCUT2D eigenvalue weighted by molar-refractivity contribution is 0.245. The molecule has 0 bridgehead atoms. The molecule has 3 heteroatoms. The molecule has 0 saturated carbocycles. The normalized spacial score (nSPS) is 25.7. The van der Waals surface area contributed by atoms with Gasteiger partial charge in [-0.2, -0.15) is 0 Å². The number of rotatable bonds is 1. The molecule has 2 aliphatic rings. The van der Waals surface area contributed by atoms with Crippen LogP contribution in [-0.4, -0.2) is 0 Å². The Balaban J connectivity index is 1.86. The lowest BCUT2D eigenvalue weighted by Gasteiger charge is -2.51. The highest BCUT2D eigenvalue weighted by Crippen LogP contribution is 2.63. The molecule has 0 radical (unpaired) electrons. The highest BCUT2D eigenvalue weighted by atomic mass is 35.5. The van der Waals surface area contributed by atoms with E-state index in [9.17, 15) is 0 Å². The van der Waals surface area contributed by atoms with Crippen LogP contribution in [0.4, 0.5) is 11.4 Å². The van der Waals surface area contributed by atoms with Crippen molar-refractivity contribution in [3.63, 3.8) is 0 Å². The van der Waals surface area contributed by atoms with E-state index in [2.05, 4.69) is 67.3 Å². The summed E-state index contributed by atoms with van der Waals surface area (Å²) in [5, 5.41) is 1.33. The van der Waals surface area contributed by atoms with E-state index in [0.29, 0.717) is 10.0 Å². The van der Waals surface area contributed by atoms with Crippen LogP contribution in [0.15, 0.2) is 66.7 Å². The van der Waals surface area contributed by atoms with Crippen molar-refractivity contribution in [2.45, 2.75) is 37.6 Å². The van der Waals surface area contributed by atoms with Gasteiger partial charge in [-0.15, -0.1) is 0 Å². The van der Waals surface area contributed by atoms with Crippen molar-refractivity contribution in [3.05, 3.63) is 93.5 Å². The molecule has 2 atom stereocenters. The van der Waals surface area contributed by atoms with Crippen LogP contribution in [-0.2, 0) is 17.4 Å². The fraction of sp³-hybridized carbons (Fsp3) is 0.250. The minimum Gasteiger partial charge on any atom is -0.330 e. The van der Waals surface area contributed by atoms with E-state index >= 15 is 0 Å². The Morgan fingerprint density at radius 2 is 1.44 bits per heavy atom. The molecular weight excluding hydrogens is 373 g/mol. The summed E-state index contributed by atoms with van der Waals surface area (Å²) in [6, 6.07) is 23.5. The Labute approximate surface area is 170 Å². The van der Waals surface area contributed by atoms with Gasteiger partial charge in [-0.3, -0.25) is 0 Å². The Hall–Kier alpha value is -1.96. The van der Waals surface area contributed by atoms with Gasteiger partial charge in [0.1, 0.15) is 0 Å². The summed E-state index contributed by atoms with van der Waals surface area (Å²) in [4.78, 5) is 2.46. The first kappa shape index (κ1) is 17.2. The van der Waals surface area contributed by atoms with Crippen molar-refractivity contribution in [3.8, 4) is 0 Å². The van der Waals surface area contributed by atoms with Crippen LogP contribution in [0.3, 0.4) is 0 Å². The first-order valence-electron chi connectivity index (χ1n) is 9.39. The van der Waals surface area contributed by atoms with Crippen molar-refractivity contribution in [2.24, 2.45) is 0 Å². The second-order valence-corrected chi connectivity index (χ2v) is 8.91. The molecule has 0 amide bonds. The maximum Gasteiger partial charge on any atom is 0.0771 e. The third-order valence-electron chi connectivity index (χ3n) is 6.80. The maximum atomic E-state index is 6.40. The Bertz CT molecular complexity index is 1040. The van der Waals surface area contributed by atoms with Gasteiger partial charge < -0.3 is 4.90 Å². The molecule has 3 aromatic rings. The third kappa shape index (κ3) is 2.19. The molecule has 136 valence electrons. The smallest absolute Gasteiger partial charge is 0.0771 e. The first-order chi connectivity index (χ1) is 12.9. The molecule has 3 aromatic carbocycles. The summed E-state index contributed by atoms with van der Waals surface area (Å²) in [5.74, 6) is 0. The average molecular weight is 394 g/mol. The number of nitrogens with zero attached hydrogens (tertiary/aromatic N) is 1. The van der Waals surface area contributed by atoms with Crippen molar-refractivity contribution in [1.29, 1.82) is 0 Å². The monoisotopic (exact) mass is 393 g/mol. The largest absolute Gasteiger partial charge is 0.330 e. The molecule has 0 spiro atoms. The van der Waals surface area contributed by atoms with E-state index in [-0.39, 0.29) is 11.0 Å². The lowest BCUT2D eigenvalue weighted by Crippen LogP contribution is -2.53. The number of para-hydroxylation sites is 1. The van der Waals surface area contributed by atoms with Crippen molar-refractivity contribution in [2.75, 3.05) is 4.90 Å². The number of halogens is 2. The molecule has 1 nitrogen and oxygen atoms in total. The first-order valence-corrected chi connectivity index (χ1v) is 10.1. The quantitative estimate of drug-likeness (QED) is 0.420. The van der Waals surface area contributed by atoms with Crippen LogP contribution in [0.5, 0.6) is 0 Å². The molecule has 5 rings (SSSR count). The molecule has 0 saturated heterocycles. The highest BCUT2D eigenvalue weighted by Gasteiger charge is 2.59. The number of hydrogen-bond acceptors (Lipinski definition) is 1. The summed E-state index contributed by atoms with van der Waals surface area (Å²) in [5.41, 5.74) is 6.32. The number of fused-ring (bicyclic) bond motifs is 5. The molecule has 0 fully saturated rings. The Kier molecular flexibility index (Phi) is 3.67. The Morgan fingerprint density at radius 1 is 0.815 bits per heavy atom. The minimum atomic E-state index is -0.209. The molecule has 1 heterocycles. The van der Waals surface area contributed by atoms with Crippen molar-refractivity contribution < 1.29 is 0 Å². The number of hydrogen-bond donors (Lipinski definition) is 0. The van der Waals surface area contributed by atoms with E-state index in [1.165, 1.54) is 22.4 Å². The van der Waals surface area contributed by atoms with Crippen LogP contribution < -0.4 is 4.90 Å². The molecule has 1 aliphatic carbocycles. The predicted octanol–water partition coefficient (Wildman–Crippen LogP) is 7.26. The summed E-state index contributed by atoms with van der Waals surface area (Å²) in [7, 11) is 0. The number of aryl methyl sites for hydroxylation is 1. The van der Waals surface area contributed by atoms with Gasteiger partial charge in [-0.25, -0.2) is 0 Å². The Morgan fingerprint density at radius 3 is 2.19 bits per heavy atom. The summed E-state index contributed by atoms with van der Waals surface area (Å²) >= 11 is 12.8. The van der Waals surface area contributed by atoms with Gasteiger partial charge in [0.05, 0.1) is 5.54 Å². The van der Waals surface area contributed by atoms with Crippen LogP contribution in [0, 0.1) is 0 Å². The van der Waals surface area contributed by atoms with E-state index < -0.39 is 0 Å². The van der Waals surface area contributed by atoms with Gasteiger partial charge in [0.2, 0.25) is 0 Å². The van der Waals surface area contributed by atoms with Crippen LogP contribution >= 0.6 is 23.2 Å². The van der Waals surface area contributed by atoms with Crippen molar-refractivity contribution in [1.82, 2.24) is 0 Å². The standard InChI is InChI=1S/C24H21Cl2N/c1-23-12-11-16-7-3-4-8-20(16)24(23,2)27(22-10-6-5-9-21(22)23)19-14-17(25)13-18(26)15-19/h3-10,13-15H,11-12H2,1-2H3. The summed E-state index contributed by atoms with van der Waals surface area (Å²) in [6.45, 7) is 4.79. The van der Waals surface area contributed by atoms with Crippen LogP contribution in [0.2, 0.25) is 10.0 Å². The van der Waals surface area contributed by atoms with Crippen LogP contribution in [0.25, 0.3) is 0 Å². The zero-order chi connectivity index (χ0) is 18.8. The zero-order valence-electron chi connectivity index (χ0n) is 15.5. The minimum absolute atomic E-state index is 0.00669. The fourth-order valence-corrected chi connectivity index (χ4v) is 5.86. The topological polar surface area (TPSA) is 3.24 Å². The highest BCUT2D eigenvalue weighted by molar-refractivity contribution is 6.35. The third-order valence-corrected chi connectivity index (χ3v) is 7.24. The van der Waals surface area contributed by atoms with E-state index in [4.69, 9.17) is 23.2 Å². The van der Waals surface area contributed by atoms with E-state index in [0.717, 1.165) is 18.5 Å². The molecule has 0 N–H and O–H groups in total. The van der Waals surface area contributed by atoms with Gasteiger partial charge in [-0.05, 0) is 60.7 Å². The van der Waals surface area contributed by atoms with Gasteiger partial charge in [0.15, 0.2) is 0 Å². The lowest BCUT2D eigenvalue weighted by atomic mass is 9.59. The van der Waals surface area contributed by atoms with Gasteiger partial charge in [-0.1, -0.05) is 72.6 Å². The summed E-state index contributed by atoms with van der Waals surface area (Å²) in [6.07, 6.45) is 2.21. The predicted molar refractivity (Wildman–Crippen MR) is 115 cm³/mol. The van der Waals surface area contributed by atoms with E-state index in [1.54, 1.807) is 6.07 Å². The molecule has 2 unspecified atom stereocenters. The van der Waals surface area contributed by atoms with Crippen molar-refractivity contribution >= 4 is 34.6 Å². The average Bonchev–Trinajstić information content (AvgIpc) is 2.86. The zero-order valence-corrected chi connectivity index (χ0v) is 17.0. The maximum absolute atomic E-state index is 6.40. The molecule has 0 aromatic heterocycles. The van der Waals surface area contributed by atoms with Crippen LogP contribution in [0.1, 0.15) is 37.0 Å².